The molecule has 0 aliphatic carbocycles. The number of rotatable bonds is 4. The lowest BCUT2D eigenvalue weighted by Crippen LogP contribution is -2.37. The summed E-state index contributed by atoms with van der Waals surface area (Å²) in [5.74, 6) is 3.54. The molecular weight excluding hydrogens is 334 g/mol. The second-order valence-electron chi connectivity index (χ2n) is 6.13. The predicted molar refractivity (Wildman–Crippen MR) is 102 cm³/mol. The fourth-order valence-electron chi connectivity index (χ4n) is 3.06. The van der Waals surface area contributed by atoms with Crippen LogP contribution in [0, 0.1) is 6.92 Å². The topological polar surface area (TPSA) is 66.9 Å². The molecule has 0 radical (unpaired) electrons. The maximum Gasteiger partial charge on any atom is 0.161 e. The van der Waals surface area contributed by atoms with E-state index in [0.717, 1.165) is 71.8 Å². The second kappa shape index (κ2) is 7.01. The number of thioether (sulfide) groups is 1. The molecule has 0 spiro atoms. The van der Waals surface area contributed by atoms with Crippen molar-refractivity contribution in [3.63, 3.8) is 0 Å². The van der Waals surface area contributed by atoms with Crippen molar-refractivity contribution >= 4 is 28.6 Å². The molecule has 1 aliphatic heterocycles. The van der Waals surface area contributed by atoms with Gasteiger partial charge < -0.3 is 14.6 Å². The maximum absolute atomic E-state index is 5.46. The van der Waals surface area contributed by atoms with Crippen LogP contribution >= 0.6 is 11.8 Å². The smallest absolute Gasteiger partial charge is 0.161 e. The number of aromatic nitrogens is 4. The summed E-state index contributed by atoms with van der Waals surface area (Å²) in [6.07, 6.45) is 2.09. The van der Waals surface area contributed by atoms with Gasteiger partial charge in [0, 0.05) is 30.5 Å². The molecule has 25 heavy (non-hydrogen) atoms. The van der Waals surface area contributed by atoms with E-state index in [1.807, 2.05) is 19.1 Å². The number of fused-ring (bicyclic) bond motifs is 1. The van der Waals surface area contributed by atoms with Gasteiger partial charge in [-0.15, -0.1) is 0 Å². The molecule has 4 rings (SSSR count). The van der Waals surface area contributed by atoms with Gasteiger partial charge in [-0.1, -0.05) is 0 Å². The van der Waals surface area contributed by atoms with Crippen molar-refractivity contribution in [1.29, 1.82) is 0 Å². The Kier molecular flexibility index (Phi) is 4.59. The van der Waals surface area contributed by atoms with Gasteiger partial charge in [0.25, 0.3) is 0 Å². The molecule has 0 atom stereocenters. The average Bonchev–Trinajstić information content (AvgIpc) is 3.01. The molecule has 3 aromatic rings. The summed E-state index contributed by atoms with van der Waals surface area (Å²) in [5.41, 5.74) is 4.05. The van der Waals surface area contributed by atoms with Crippen molar-refractivity contribution in [2.45, 2.75) is 12.7 Å². The van der Waals surface area contributed by atoms with Crippen LogP contribution in [0.5, 0.6) is 0 Å². The molecule has 0 amide bonds. The van der Waals surface area contributed by atoms with Gasteiger partial charge in [-0.2, -0.15) is 11.8 Å². The highest BCUT2D eigenvalue weighted by molar-refractivity contribution is 7.97. The third-order valence-corrected chi connectivity index (χ3v) is 4.84. The van der Waals surface area contributed by atoms with E-state index in [1.54, 1.807) is 11.8 Å². The first kappa shape index (κ1) is 16.4. The molecule has 6 nitrogen and oxygen atoms in total. The van der Waals surface area contributed by atoms with E-state index >= 15 is 0 Å². The van der Waals surface area contributed by atoms with Gasteiger partial charge in [0.05, 0.1) is 29.9 Å². The quantitative estimate of drug-likeness (QED) is 0.776. The summed E-state index contributed by atoms with van der Waals surface area (Å²) in [7, 11) is 0. The van der Waals surface area contributed by atoms with E-state index in [0.29, 0.717) is 0 Å². The summed E-state index contributed by atoms with van der Waals surface area (Å²) in [6.45, 7) is 5.20. The van der Waals surface area contributed by atoms with Crippen LogP contribution in [-0.4, -0.2) is 52.5 Å². The highest BCUT2D eigenvalue weighted by atomic mass is 32.2. The Bertz CT molecular complexity index is 888. The Hall–Kier alpha value is -2.12. The summed E-state index contributed by atoms with van der Waals surface area (Å²) in [4.78, 5) is 19.6. The van der Waals surface area contributed by atoms with Crippen LogP contribution in [0.2, 0.25) is 0 Å². The van der Waals surface area contributed by atoms with Gasteiger partial charge in [-0.25, -0.2) is 15.0 Å². The van der Waals surface area contributed by atoms with Crippen LogP contribution in [0.4, 0.5) is 5.82 Å². The summed E-state index contributed by atoms with van der Waals surface area (Å²) < 4.78 is 5.46. The molecule has 3 heterocycles. The molecular formula is C18H21N5OS. The Morgan fingerprint density at radius 2 is 2.00 bits per heavy atom. The van der Waals surface area contributed by atoms with Gasteiger partial charge >= 0.3 is 0 Å². The molecule has 130 valence electrons. The number of hydrogen-bond acceptors (Lipinski definition) is 6. The summed E-state index contributed by atoms with van der Waals surface area (Å²) >= 11 is 1.77. The zero-order valence-electron chi connectivity index (χ0n) is 14.5. The van der Waals surface area contributed by atoms with E-state index in [2.05, 4.69) is 33.3 Å². The lowest BCUT2D eigenvalue weighted by molar-refractivity contribution is 0.122. The first-order chi connectivity index (χ1) is 12.2. The molecule has 1 aliphatic rings. The van der Waals surface area contributed by atoms with Crippen molar-refractivity contribution < 1.29 is 4.74 Å². The van der Waals surface area contributed by atoms with E-state index < -0.39 is 0 Å². The number of imidazole rings is 1. The summed E-state index contributed by atoms with van der Waals surface area (Å²) in [6, 6.07) is 8.25. The number of anilines is 1. The molecule has 1 fully saturated rings. The molecule has 2 aromatic heterocycles. The number of morpholine rings is 1. The fourth-order valence-corrected chi connectivity index (χ4v) is 3.51. The zero-order chi connectivity index (χ0) is 17.2. The number of aromatic amines is 1. The summed E-state index contributed by atoms with van der Waals surface area (Å²) in [5, 5.41) is 0. The van der Waals surface area contributed by atoms with Gasteiger partial charge in [0.15, 0.2) is 5.82 Å². The third-order valence-electron chi connectivity index (χ3n) is 4.25. The lowest BCUT2D eigenvalue weighted by Gasteiger charge is -2.28. The van der Waals surface area contributed by atoms with Crippen molar-refractivity contribution in [3.8, 4) is 11.4 Å². The monoisotopic (exact) mass is 355 g/mol. The lowest BCUT2D eigenvalue weighted by atomic mass is 10.2. The minimum atomic E-state index is 0.747. The van der Waals surface area contributed by atoms with Gasteiger partial charge in [-0.05, 0) is 31.4 Å². The molecule has 1 aromatic carbocycles. The number of H-pyrrole nitrogens is 1. The van der Waals surface area contributed by atoms with Crippen LogP contribution in [0.1, 0.15) is 11.5 Å². The van der Waals surface area contributed by atoms with Crippen molar-refractivity contribution in [3.05, 3.63) is 35.8 Å². The number of aryl methyl sites for hydroxylation is 1. The average molecular weight is 355 g/mol. The molecule has 0 bridgehead atoms. The zero-order valence-corrected chi connectivity index (χ0v) is 15.3. The van der Waals surface area contributed by atoms with Gasteiger partial charge in [0.2, 0.25) is 0 Å². The van der Waals surface area contributed by atoms with Crippen LogP contribution in [0.3, 0.4) is 0 Å². The highest BCUT2D eigenvalue weighted by Gasteiger charge is 2.16. The number of ether oxygens (including phenoxy) is 1. The number of nitrogens with one attached hydrogen (secondary N) is 1. The van der Waals surface area contributed by atoms with E-state index in [-0.39, 0.29) is 0 Å². The molecule has 0 saturated carbocycles. The predicted octanol–water partition coefficient (Wildman–Crippen LogP) is 3.03. The standard InChI is InChI=1S/C18H21N5OS/c1-12-19-15-4-3-13(9-16(15)20-12)18-21-14(11-25-2)10-17(22-18)23-5-7-24-8-6-23/h3-4,9-10H,5-8,11H2,1-2H3,(H,19,20). The van der Waals surface area contributed by atoms with Gasteiger partial charge in [0.1, 0.15) is 11.6 Å². The van der Waals surface area contributed by atoms with Crippen LogP contribution in [-0.2, 0) is 10.5 Å². The fraction of sp³-hybridized carbons (Fsp3) is 0.389. The molecule has 1 N–H and O–H groups in total. The molecule has 0 unspecified atom stereocenters. The number of benzene rings is 1. The van der Waals surface area contributed by atoms with Crippen LogP contribution in [0.15, 0.2) is 24.3 Å². The minimum absolute atomic E-state index is 0.747. The van der Waals surface area contributed by atoms with Crippen LogP contribution in [0.25, 0.3) is 22.4 Å². The second-order valence-corrected chi connectivity index (χ2v) is 6.99. The van der Waals surface area contributed by atoms with E-state index in [1.165, 1.54) is 0 Å². The first-order valence-corrected chi connectivity index (χ1v) is 9.78. The van der Waals surface area contributed by atoms with Crippen molar-refractivity contribution in [2.75, 3.05) is 37.5 Å². The van der Waals surface area contributed by atoms with Crippen LogP contribution < -0.4 is 4.90 Å². The third kappa shape index (κ3) is 3.48. The number of nitrogens with zero attached hydrogens (tertiary/aromatic N) is 4. The molecule has 1 saturated heterocycles. The largest absolute Gasteiger partial charge is 0.378 e. The van der Waals surface area contributed by atoms with Crippen molar-refractivity contribution in [2.24, 2.45) is 0 Å². The van der Waals surface area contributed by atoms with E-state index in [4.69, 9.17) is 14.7 Å². The first-order valence-electron chi connectivity index (χ1n) is 8.39. The Morgan fingerprint density at radius 3 is 2.80 bits per heavy atom. The highest BCUT2D eigenvalue weighted by Crippen LogP contribution is 2.25. The SMILES string of the molecule is CSCc1cc(N2CCOCC2)nc(-c2ccc3nc(C)[nH]c3c2)n1. The molecule has 7 heteroatoms. The van der Waals surface area contributed by atoms with Crippen molar-refractivity contribution in [1.82, 2.24) is 19.9 Å². The number of hydrogen-bond donors (Lipinski definition) is 1. The minimum Gasteiger partial charge on any atom is -0.378 e. The maximum atomic E-state index is 5.46. The van der Waals surface area contributed by atoms with Gasteiger partial charge in [-0.3, -0.25) is 0 Å². The Balaban J connectivity index is 1.76. The normalized spacial score (nSPS) is 15.0. The van der Waals surface area contributed by atoms with E-state index in [9.17, 15) is 0 Å². The Labute approximate surface area is 151 Å². The Morgan fingerprint density at radius 1 is 1.16 bits per heavy atom.